The SMILES string of the molecule is CCC(=O)OCC(C)(C)Cl. The molecule has 0 rings (SSSR count). The number of carbonyl (C=O) groups excluding carboxylic acids is 1. The average molecular weight is 165 g/mol. The van der Waals surface area contributed by atoms with Crippen molar-refractivity contribution in [1.29, 1.82) is 0 Å². The second-order valence-corrected chi connectivity index (χ2v) is 3.76. The van der Waals surface area contributed by atoms with E-state index in [2.05, 4.69) is 0 Å². The lowest BCUT2D eigenvalue weighted by molar-refractivity contribution is -0.143. The minimum atomic E-state index is -0.440. The number of hydrogen-bond donors (Lipinski definition) is 0. The molecule has 0 bridgehead atoms. The number of ether oxygens (including phenoxy) is 1. The number of carbonyl (C=O) groups is 1. The van der Waals surface area contributed by atoms with E-state index in [0.29, 0.717) is 6.42 Å². The third kappa shape index (κ3) is 5.89. The van der Waals surface area contributed by atoms with Gasteiger partial charge in [0.05, 0.1) is 4.87 Å². The summed E-state index contributed by atoms with van der Waals surface area (Å²) in [7, 11) is 0. The zero-order chi connectivity index (χ0) is 8.20. The summed E-state index contributed by atoms with van der Waals surface area (Å²) in [5, 5.41) is 0. The van der Waals surface area contributed by atoms with Gasteiger partial charge in [0.25, 0.3) is 0 Å². The van der Waals surface area contributed by atoms with Gasteiger partial charge in [-0.1, -0.05) is 6.92 Å². The first kappa shape index (κ1) is 9.76. The molecule has 2 nitrogen and oxygen atoms in total. The Hall–Kier alpha value is -0.240. The fourth-order valence-electron chi connectivity index (χ4n) is 0.354. The zero-order valence-corrected chi connectivity index (χ0v) is 7.36. The van der Waals surface area contributed by atoms with Gasteiger partial charge in [0.15, 0.2) is 0 Å². The predicted octanol–water partition coefficient (Wildman–Crippen LogP) is 1.96. The highest BCUT2D eigenvalue weighted by molar-refractivity contribution is 6.23. The summed E-state index contributed by atoms with van der Waals surface area (Å²) >= 11 is 5.76. The third-order valence-corrected chi connectivity index (χ3v) is 0.974. The summed E-state index contributed by atoms with van der Waals surface area (Å²) < 4.78 is 4.78. The van der Waals surface area contributed by atoms with Gasteiger partial charge in [0.2, 0.25) is 0 Å². The molecule has 0 fully saturated rings. The normalized spacial score (nSPS) is 11.2. The number of esters is 1. The van der Waals surface area contributed by atoms with E-state index >= 15 is 0 Å². The molecule has 0 N–H and O–H groups in total. The minimum Gasteiger partial charge on any atom is -0.464 e. The van der Waals surface area contributed by atoms with Gasteiger partial charge in [-0.3, -0.25) is 4.79 Å². The van der Waals surface area contributed by atoms with Gasteiger partial charge >= 0.3 is 5.97 Å². The maximum Gasteiger partial charge on any atom is 0.305 e. The van der Waals surface area contributed by atoms with Gasteiger partial charge in [0.1, 0.15) is 6.61 Å². The van der Waals surface area contributed by atoms with Crippen molar-refractivity contribution in [1.82, 2.24) is 0 Å². The molecule has 0 saturated carbocycles. The van der Waals surface area contributed by atoms with E-state index in [9.17, 15) is 4.79 Å². The molecular formula is C7H13ClO2. The molecule has 3 heteroatoms. The Kier molecular flexibility index (Phi) is 3.72. The number of hydrogen-bond acceptors (Lipinski definition) is 2. The van der Waals surface area contributed by atoms with Crippen LogP contribution in [0.3, 0.4) is 0 Å². The van der Waals surface area contributed by atoms with E-state index in [1.165, 1.54) is 0 Å². The molecule has 0 aromatic heterocycles. The lowest BCUT2D eigenvalue weighted by Gasteiger charge is -2.14. The van der Waals surface area contributed by atoms with Crippen molar-refractivity contribution in [3.8, 4) is 0 Å². The van der Waals surface area contributed by atoms with Crippen molar-refractivity contribution in [2.24, 2.45) is 0 Å². The van der Waals surface area contributed by atoms with Gasteiger partial charge in [-0.25, -0.2) is 0 Å². The van der Waals surface area contributed by atoms with Gasteiger partial charge in [-0.15, -0.1) is 11.6 Å². The number of alkyl halides is 1. The Labute approximate surface area is 66.5 Å². The monoisotopic (exact) mass is 164 g/mol. The summed E-state index contributed by atoms with van der Waals surface area (Å²) in [6.45, 7) is 5.64. The summed E-state index contributed by atoms with van der Waals surface area (Å²) in [6, 6.07) is 0. The van der Waals surface area contributed by atoms with Crippen LogP contribution in [0.1, 0.15) is 27.2 Å². The molecule has 60 valence electrons. The Morgan fingerprint density at radius 2 is 2.10 bits per heavy atom. The van der Waals surface area contributed by atoms with Crippen LogP contribution in [-0.4, -0.2) is 17.5 Å². The van der Waals surface area contributed by atoms with E-state index in [4.69, 9.17) is 16.3 Å². The molecule has 10 heavy (non-hydrogen) atoms. The van der Waals surface area contributed by atoms with Crippen molar-refractivity contribution in [3.63, 3.8) is 0 Å². The van der Waals surface area contributed by atoms with Crippen LogP contribution in [0.25, 0.3) is 0 Å². The van der Waals surface area contributed by atoms with Gasteiger partial charge in [0, 0.05) is 6.42 Å². The molecular weight excluding hydrogens is 152 g/mol. The molecule has 0 heterocycles. The van der Waals surface area contributed by atoms with Crippen molar-refractivity contribution in [2.45, 2.75) is 32.1 Å². The molecule has 0 aliphatic heterocycles. The van der Waals surface area contributed by atoms with Crippen LogP contribution in [0, 0.1) is 0 Å². The van der Waals surface area contributed by atoms with E-state index < -0.39 is 4.87 Å². The molecule has 0 aliphatic rings. The molecule has 0 aromatic carbocycles. The summed E-state index contributed by atoms with van der Waals surface area (Å²) in [5.74, 6) is -0.200. The van der Waals surface area contributed by atoms with Gasteiger partial charge < -0.3 is 4.74 Å². The summed E-state index contributed by atoms with van der Waals surface area (Å²) in [6.07, 6.45) is 0.410. The van der Waals surface area contributed by atoms with Crippen molar-refractivity contribution >= 4 is 17.6 Å². The summed E-state index contributed by atoms with van der Waals surface area (Å²) in [4.78, 5) is 10.1. The highest BCUT2D eigenvalue weighted by atomic mass is 35.5. The minimum absolute atomic E-state index is 0.200. The first-order chi connectivity index (χ1) is 4.45. The fraction of sp³-hybridized carbons (Fsp3) is 0.857. The Balaban J connectivity index is 3.46. The Morgan fingerprint density at radius 3 is 2.40 bits per heavy atom. The number of halogens is 1. The average Bonchev–Trinajstić information content (AvgIpc) is 1.81. The molecule has 0 saturated heterocycles. The Morgan fingerprint density at radius 1 is 1.60 bits per heavy atom. The first-order valence-corrected chi connectivity index (χ1v) is 3.68. The highest BCUT2D eigenvalue weighted by Gasteiger charge is 2.14. The first-order valence-electron chi connectivity index (χ1n) is 3.30. The number of rotatable bonds is 3. The fourth-order valence-corrected chi connectivity index (χ4v) is 0.409. The van der Waals surface area contributed by atoms with Gasteiger partial charge in [-0.2, -0.15) is 0 Å². The van der Waals surface area contributed by atoms with Crippen LogP contribution in [0.15, 0.2) is 0 Å². The van der Waals surface area contributed by atoms with Crippen LogP contribution >= 0.6 is 11.6 Å². The van der Waals surface area contributed by atoms with Crippen molar-refractivity contribution in [2.75, 3.05) is 6.61 Å². The summed E-state index contributed by atoms with van der Waals surface area (Å²) in [5.41, 5.74) is 0. The smallest absolute Gasteiger partial charge is 0.305 e. The maximum atomic E-state index is 10.6. The second kappa shape index (κ2) is 3.81. The molecule has 0 aromatic rings. The lowest BCUT2D eigenvalue weighted by atomic mass is 10.2. The molecule has 0 aliphatic carbocycles. The third-order valence-electron chi connectivity index (χ3n) is 0.865. The van der Waals surface area contributed by atoms with E-state index in [1.54, 1.807) is 20.8 Å². The second-order valence-electron chi connectivity index (χ2n) is 2.73. The maximum absolute atomic E-state index is 10.6. The van der Waals surface area contributed by atoms with Crippen molar-refractivity contribution in [3.05, 3.63) is 0 Å². The van der Waals surface area contributed by atoms with Crippen LogP contribution in [0.2, 0.25) is 0 Å². The molecule has 0 atom stereocenters. The quantitative estimate of drug-likeness (QED) is 0.471. The van der Waals surface area contributed by atoms with Crippen molar-refractivity contribution < 1.29 is 9.53 Å². The zero-order valence-electron chi connectivity index (χ0n) is 6.61. The largest absolute Gasteiger partial charge is 0.464 e. The Bertz CT molecular complexity index is 115. The molecule has 0 spiro atoms. The van der Waals surface area contributed by atoms with E-state index in [0.717, 1.165) is 0 Å². The predicted molar refractivity (Wildman–Crippen MR) is 41.2 cm³/mol. The highest BCUT2D eigenvalue weighted by Crippen LogP contribution is 2.12. The topological polar surface area (TPSA) is 26.3 Å². The molecule has 0 unspecified atom stereocenters. The molecule has 0 amide bonds. The van der Waals surface area contributed by atoms with Crippen LogP contribution in [0.5, 0.6) is 0 Å². The lowest BCUT2D eigenvalue weighted by Crippen LogP contribution is -2.21. The standard InChI is InChI=1S/C7H13ClO2/c1-4-6(9)10-5-7(2,3)8/h4-5H2,1-3H3. The van der Waals surface area contributed by atoms with Crippen LogP contribution < -0.4 is 0 Å². The van der Waals surface area contributed by atoms with E-state index in [-0.39, 0.29) is 12.6 Å². The van der Waals surface area contributed by atoms with Crippen LogP contribution in [0.4, 0.5) is 0 Å². The van der Waals surface area contributed by atoms with Gasteiger partial charge in [-0.05, 0) is 13.8 Å². The van der Waals surface area contributed by atoms with Crippen LogP contribution in [-0.2, 0) is 9.53 Å². The molecule has 0 radical (unpaired) electrons. The van der Waals surface area contributed by atoms with E-state index in [1.807, 2.05) is 0 Å².